The van der Waals surface area contributed by atoms with Gasteiger partial charge in [0.1, 0.15) is 5.75 Å². The number of ether oxygens (including phenoxy) is 1. The van der Waals surface area contributed by atoms with Crippen LogP contribution in [0.25, 0.3) is 0 Å². The van der Waals surface area contributed by atoms with Crippen LogP contribution in [0.1, 0.15) is 18.1 Å². The molecule has 1 heterocycles. The van der Waals surface area contributed by atoms with Gasteiger partial charge in [-0.1, -0.05) is 30.3 Å². The minimum Gasteiger partial charge on any atom is -0.492 e. The van der Waals surface area contributed by atoms with Crippen LogP contribution in [0.5, 0.6) is 5.75 Å². The molecule has 2 N–H and O–H groups in total. The summed E-state index contributed by atoms with van der Waals surface area (Å²) in [4.78, 5) is 0. The van der Waals surface area contributed by atoms with Crippen LogP contribution < -0.4 is 15.4 Å². The molecule has 0 aromatic heterocycles. The van der Waals surface area contributed by atoms with Crippen LogP contribution >= 0.6 is 0 Å². The van der Waals surface area contributed by atoms with Crippen molar-refractivity contribution in [2.75, 3.05) is 23.8 Å². The molecule has 3 heteroatoms. The lowest BCUT2D eigenvalue weighted by Crippen LogP contribution is -2.05. The number of anilines is 2. The maximum absolute atomic E-state index is 5.64. The third-order valence-electron chi connectivity index (χ3n) is 3.59. The van der Waals surface area contributed by atoms with Crippen LogP contribution in [0, 0.1) is 0 Å². The van der Waals surface area contributed by atoms with Gasteiger partial charge >= 0.3 is 0 Å². The monoisotopic (exact) mass is 268 g/mol. The SMILES string of the molecule is CCOc1ccccc1NCc1cccc2c1NCC2. The Balaban J connectivity index is 1.76. The minimum atomic E-state index is 0.682. The third-order valence-corrected chi connectivity index (χ3v) is 3.59. The van der Waals surface area contributed by atoms with Crippen molar-refractivity contribution in [2.45, 2.75) is 19.9 Å². The Hall–Kier alpha value is -2.16. The largest absolute Gasteiger partial charge is 0.492 e. The molecule has 104 valence electrons. The highest BCUT2D eigenvalue weighted by Gasteiger charge is 2.13. The first-order valence-corrected chi connectivity index (χ1v) is 7.19. The summed E-state index contributed by atoms with van der Waals surface area (Å²) >= 11 is 0. The minimum absolute atomic E-state index is 0.682. The summed E-state index contributed by atoms with van der Waals surface area (Å²) in [5.41, 5.74) is 5.08. The smallest absolute Gasteiger partial charge is 0.142 e. The molecule has 0 bridgehead atoms. The molecule has 0 fully saturated rings. The first-order valence-electron chi connectivity index (χ1n) is 7.19. The molecule has 1 aliphatic rings. The molecule has 0 radical (unpaired) electrons. The quantitative estimate of drug-likeness (QED) is 0.868. The van der Waals surface area contributed by atoms with Gasteiger partial charge in [-0.2, -0.15) is 0 Å². The lowest BCUT2D eigenvalue weighted by atomic mass is 10.1. The molecule has 0 aliphatic carbocycles. The Labute approximate surface area is 120 Å². The molecule has 1 aliphatic heterocycles. The van der Waals surface area contributed by atoms with Gasteiger partial charge in [0.2, 0.25) is 0 Å². The third kappa shape index (κ3) is 2.57. The van der Waals surface area contributed by atoms with Crippen molar-refractivity contribution in [3.63, 3.8) is 0 Å². The van der Waals surface area contributed by atoms with Crippen molar-refractivity contribution in [3.8, 4) is 5.75 Å². The number of hydrogen-bond acceptors (Lipinski definition) is 3. The van der Waals surface area contributed by atoms with Crippen LogP contribution in [0.15, 0.2) is 42.5 Å². The van der Waals surface area contributed by atoms with Crippen LogP contribution in [-0.4, -0.2) is 13.2 Å². The van der Waals surface area contributed by atoms with E-state index < -0.39 is 0 Å². The van der Waals surface area contributed by atoms with Crippen LogP contribution in [0.4, 0.5) is 11.4 Å². The Bertz CT molecular complexity index is 595. The number of fused-ring (bicyclic) bond motifs is 1. The number of nitrogens with one attached hydrogen (secondary N) is 2. The molecule has 3 rings (SSSR count). The molecule has 0 saturated heterocycles. The van der Waals surface area contributed by atoms with E-state index in [0.29, 0.717) is 6.61 Å². The van der Waals surface area contributed by atoms with Crippen LogP contribution in [0.3, 0.4) is 0 Å². The van der Waals surface area contributed by atoms with Gasteiger partial charge in [-0.3, -0.25) is 0 Å². The fraction of sp³-hybridized carbons (Fsp3) is 0.294. The normalized spacial score (nSPS) is 12.7. The van der Waals surface area contributed by atoms with Crippen molar-refractivity contribution in [1.29, 1.82) is 0 Å². The van der Waals surface area contributed by atoms with E-state index in [4.69, 9.17) is 4.74 Å². The summed E-state index contributed by atoms with van der Waals surface area (Å²) in [5.74, 6) is 0.913. The predicted octanol–water partition coefficient (Wildman–Crippen LogP) is 3.67. The van der Waals surface area contributed by atoms with E-state index in [2.05, 4.69) is 34.9 Å². The molecule has 2 aromatic rings. The standard InChI is InChI=1S/C17H20N2O/c1-2-20-16-9-4-3-8-15(16)19-12-14-7-5-6-13-10-11-18-17(13)14/h3-9,18-19H,2,10-12H2,1H3. The van der Waals surface area contributed by atoms with Gasteiger partial charge in [-0.05, 0) is 36.6 Å². The Morgan fingerprint density at radius 2 is 2.05 bits per heavy atom. The summed E-state index contributed by atoms with van der Waals surface area (Å²) in [5, 5.41) is 6.95. The summed E-state index contributed by atoms with van der Waals surface area (Å²) < 4.78 is 5.64. The number of rotatable bonds is 5. The molecular weight excluding hydrogens is 248 g/mol. The van der Waals surface area contributed by atoms with Crippen molar-refractivity contribution in [2.24, 2.45) is 0 Å². The molecule has 2 aromatic carbocycles. The summed E-state index contributed by atoms with van der Waals surface area (Å²) in [6.07, 6.45) is 1.12. The topological polar surface area (TPSA) is 33.3 Å². The van der Waals surface area contributed by atoms with Gasteiger partial charge in [0.25, 0.3) is 0 Å². The predicted molar refractivity (Wildman–Crippen MR) is 83.6 cm³/mol. The van der Waals surface area contributed by atoms with E-state index >= 15 is 0 Å². The second kappa shape index (κ2) is 5.87. The molecule has 0 amide bonds. The van der Waals surface area contributed by atoms with Crippen molar-refractivity contribution in [1.82, 2.24) is 0 Å². The number of para-hydroxylation sites is 3. The van der Waals surface area contributed by atoms with E-state index in [1.54, 1.807) is 0 Å². The Morgan fingerprint density at radius 1 is 1.15 bits per heavy atom. The van der Waals surface area contributed by atoms with Gasteiger partial charge in [-0.15, -0.1) is 0 Å². The van der Waals surface area contributed by atoms with E-state index in [-0.39, 0.29) is 0 Å². The van der Waals surface area contributed by atoms with E-state index in [9.17, 15) is 0 Å². The highest BCUT2D eigenvalue weighted by atomic mass is 16.5. The average molecular weight is 268 g/mol. The molecule has 3 nitrogen and oxygen atoms in total. The highest BCUT2D eigenvalue weighted by molar-refractivity contribution is 5.63. The second-order valence-electron chi connectivity index (χ2n) is 4.91. The maximum atomic E-state index is 5.64. The summed E-state index contributed by atoms with van der Waals surface area (Å²) in [6.45, 7) is 4.54. The zero-order valence-corrected chi connectivity index (χ0v) is 11.8. The first-order chi connectivity index (χ1) is 9.88. The molecule has 20 heavy (non-hydrogen) atoms. The first kappa shape index (κ1) is 12.9. The fourth-order valence-corrected chi connectivity index (χ4v) is 2.64. The Morgan fingerprint density at radius 3 is 2.95 bits per heavy atom. The molecule has 0 spiro atoms. The molecule has 0 unspecified atom stereocenters. The van der Waals surface area contributed by atoms with Gasteiger partial charge in [0, 0.05) is 18.8 Å². The Kier molecular flexibility index (Phi) is 3.77. The summed E-state index contributed by atoms with van der Waals surface area (Å²) in [7, 11) is 0. The van der Waals surface area contributed by atoms with E-state index in [0.717, 1.165) is 30.9 Å². The second-order valence-corrected chi connectivity index (χ2v) is 4.91. The van der Waals surface area contributed by atoms with Crippen molar-refractivity contribution in [3.05, 3.63) is 53.6 Å². The fourth-order valence-electron chi connectivity index (χ4n) is 2.64. The zero-order chi connectivity index (χ0) is 13.8. The van der Waals surface area contributed by atoms with Crippen molar-refractivity contribution >= 4 is 11.4 Å². The van der Waals surface area contributed by atoms with Crippen LogP contribution in [-0.2, 0) is 13.0 Å². The van der Waals surface area contributed by atoms with Gasteiger partial charge < -0.3 is 15.4 Å². The number of benzene rings is 2. The van der Waals surface area contributed by atoms with Crippen molar-refractivity contribution < 1.29 is 4.74 Å². The van der Waals surface area contributed by atoms with E-state index in [1.165, 1.54) is 16.8 Å². The average Bonchev–Trinajstić information content (AvgIpc) is 2.96. The van der Waals surface area contributed by atoms with Crippen LogP contribution in [0.2, 0.25) is 0 Å². The molecule has 0 saturated carbocycles. The lowest BCUT2D eigenvalue weighted by molar-refractivity contribution is 0.341. The highest BCUT2D eigenvalue weighted by Crippen LogP contribution is 2.29. The molecule has 0 atom stereocenters. The molecular formula is C17H20N2O. The van der Waals surface area contributed by atoms with E-state index in [1.807, 2.05) is 25.1 Å². The lowest BCUT2D eigenvalue weighted by Gasteiger charge is -2.14. The zero-order valence-electron chi connectivity index (χ0n) is 11.8. The maximum Gasteiger partial charge on any atom is 0.142 e. The van der Waals surface area contributed by atoms with Gasteiger partial charge in [0.15, 0.2) is 0 Å². The summed E-state index contributed by atoms with van der Waals surface area (Å²) in [6, 6.07) is 14.6. The number of hydrogen-bond donors (Lipinski definition) is 2. The van der Waals surface area contributed by atoms with Gasteiger partial charge in [0.05, 0.1) is 12.3 Å². The van der Waals surface area contributed by atoms with Gasteiger partial charge in [-0.25, -0.2) is 0 Å².